The number of ether oxygens (including phenoxy) is 3. The molecule has 538 valence electrons. The molecule has 43 heteroatoms. The van der Waals surface area contributed by atoms with Gasteiger partial charge in [0.15, 0.2) is 43.7 Å². The Morgan fingerprint density at radius 1 is 0.525 bits per heavy atom. The number of nitrogen functional groups attached to an aromatic ring is 2. The van der Waals surface area contributed by atoms with Gasteiger partial charge in [0, 0.05) is 49.0 Å². The van der Waals surface area contributed by atoms with Gasteiger partial charge in [-0.15, -0.1) is 0 Å². The van der Waals surface area contributed by atoms with Gasteiger partial charge in [-0.05, 0) is 102 Å². The van der Waals surface area contributed by atoms with Crippen LogP contribution in [0.3, 0.4) is 0 Å². The molecular weight excluding hydrogens is 1530 g/mol. The minimum Gasteiger partial charge on any atom is -0.465 e. The monoisotopic (exact) mass is 1590 g/mol. The molecule has 12 aromatic rings. The number of carbonyl (C=O) groups is 2. The van der Waals surface area contributed by atoms with E-state index < -0.39 is 16.8 Å². The second-order valence-electron chi connectivity index (χ2n) is 22.8. The number of aliphatic hydroxyl groups is 3. The van der Waals surface area contributed by atoms with Crippen molar-refractivity contribution in [2.45, 2.75) is 106 Å². The number of imidazole rings is 5. The fourth-order valence-corrected chi connectivity index (χ4v) is 10.5. The summed E-state index contributed by atoms with van der Waals surface area (Å²) in [4.78, 5) is 104. The first-order valence-electron chi connectivity index (χ1n) is 29.5. The Morgan fingerprint density at radius 3 is 1.36 bits per heavy atom. The van der Waals surface area contributed by atoms with Crippen LogP contribution in [-0.2, 0) is 50.0 Å². The molecule has 13 rings (SSSR count). The third-order valence-electron chi connectivity index (χ3n) is 12.8. The lowest BCUT2D eigenvalue weighted by Gasteiger charge is -2.27. The van der Waals surface area contributed by atoms with Crippen LogP contribution in [0, 0.1) is 0 Å². The first-order valence-corrected chi connectivity index (χ1v) is 33.3. The highest BCUT2D eigenvalue weighted by atomic mass is 79.9. The topological polar surface area (TPSA) is 458 Å². The Balaban J connectivity index is 0.000000177. The highest BCUT2D eigenvalue weighted by Crippen LogP contribution is 2.30. The van der Waals surface area contributed by atoms with Crippen LogP contribution in [0.1, 0.15) is 62.8 Å². The molecular formula is C58H67BrCl7N27O8. The molecule has 0 bridgehead atoms. The van der Waals surface area contributed by atoms with Crippen LogP contribution in [0.2, 0.25) is 36.6 Å². The molecule has 0 atom stereocenters. The Kier molecular flexibility index (Phi) is 28.1. The van der Waals surface area contributed by atoms with E-state index in [1.165, 1.54) is 17.2 Å². The fourth-order valence-electron chi connectivity index (χ4n) is 8.88. The average Bonchev–Trinajstić information content (AvgIpc) is 1.68. The zero-order chi connectivity index (χ0) is 72.8. The van der Waals surface area contributed by atoms with Gasteiger partial charge in [0.05, 0.1) is 94.5 Å². The molecule has 101 heavy (non-hydrogen) atoms. The molecule has 1 fully saturated rings. The van der Waals surface area contributed by atoms with Crippen LogP contribution in [0.15, 0.2) is 56.4 Å². The summed E-state index contributed by atoms with van der Waals surface area (Å²) in [6.45, 7) is 18.3. The zero-order valence-corrected chi connectivity index (χ0v) is 61.1. The maximum absolute atomic E-state index is 11.3. The number of fused-ring (bicyclic) bond motifs is 5. The van der Waals surface area contributed by atoms with Crippen molar-refractivity contribution in [2.75, 3.05) is 61.2 Å². The second-order valence-corrected chi connectivity index (χ2v) is 25.8. The molecule has 0 aliphatic carbocycles. The molecule has 8 N–H and O–H groups in total. The molecule has 0 spiro atoms. The van der Waals surface area contributed by atoms with Crippen LogP contribution in [0.4, 0.5) is 17.8 Å². The van der Waals surface area contributed by atoms with Crippen LogP contribution in [0.25, 0.3) is 78.3 Å². The molecule has 12 aromatic heterocycles. The van der Waals surface area contributed by atoms with Crippen LogP contribution in [0.5, 0.6) is 0 Å². The van der Waals surface area contributed by atoms with Crippen molar-refractivity contribution in [1.82, 2.24) is 118 Å². The molecule has 0 aromatic carbocycles. The Bertz CT molecular complexity index is 4770. The minimum atomic E-state index is -0.907. The summed E-state index contributed by atoms with van der Waals surface area (Å²) in [5.74, 6) is 0.382. The fraction of sp³-hybridized carbons (Fsp3) is 0.397. The smallest absolute Gasteiger partial charge is 0.326 e. The number of aromatic amines is 1. The van der Waals surface area contributed by atoms with E-state index in [4.69, 9.17) is 112 Å². The van der Waals surface area contributed by atoms with E-state index in [0.29, 0.717) is 149 Å². The molecule has 0 amide bonds. The Morgan fingerprint density at radius 2 is 0.911 bits per heavy atom. The number of aromatic nitrogens is 24. The van der Waals surface area contributed by atoms with Crippen LogP contribution < -0.4 is 16.4 Å². The van der Waals surface area contributed by atoms with Gasteiger partial charge in [0.25, 0.3) is 0 Å². The van der Waals surface area contributed by atoms with Crippen LogP contribution in [-0.4, -0.2) is 207 Å². The Labute approximate surface area is 618 Å². The van der Waals surface area contributed by atoms with Crippen molar-refractivity contribution in [3.05, 3.63) is 93.0 Å². The number of halogens is 8. The lowest BCUT2D eigenvalue weighted by atomic mass is 10.1. The maximum Gasteiger partial charge on any atom is 0.326 e. The van der Waals surface area contributed by atoms with Crippen molar-refractivity contribution >= 4 is 183 Å². The average molecular weight is 1600 g/mol. The van der Waals surface area contributed by atoms with Crippen molar-refractivity contribution in [3.63, 3.8) is 0 Å². The van der Waals surface area contributed by atoms with Gasteiger partial charge in [0.2, 0.25) is 39.0 Å². The van der Waals surface area contributed by atoms with E-state index >= 15 is 0 Å². The number of nitrogens with two attached hydrogens (primary N) is 2. The van der Waals surface area contributed by atoms with Gasteiger partial charge in [-0.1, -0.05) is 58.2 Å². The number of nitrogens with zero attached hydrogens (tertiary/aromatic N) is 24. The summed E-state index contributed by atoms with van der Waals surface area (Å²) in [7, 11) is 0. The lowest BCUT2D eigenvalue weighted by molar-refractivity contribution is -0.143. The molecule has 0 radical (unpaired) electrons. The number of esters is 2. The van der Waals surface area contributed by atoms with Crippen molar-refractivity contribution in [2.24, 2.45) is 0 Å². The van der Waals surface area contributed by atoms with E-state index in [2.05, 4.69) is 115 Å². The summed E-state index contributed by atoms with van der Waals surface area (Å²) < 4.78 is 21.5. The molecule has 1 saturated heterocycles. The predicted molar refractivity (Wildman–Crippen MR) is 385 cm³/mol. The maximum atomic E-state index is 11.3. The van der Waals surface area contributed by atoms with Crippen LogP contribution >= 0.6 is 97.1 Å². The van der Waals surface area contributed by atoms with Gasteiger partial charge in [-0.2, -0.15) is 24.9 Å². The molecule has 1 aliphatic heterocycles. The summed E-state index contributed by atoms with van der Waals surface area (Å²) >= 11 is 43.3. The number of morpholine rings is 1. The van der Waals surface area contributed by atoms with E-state index in [-0.39, 0.29) is 74.4 Å². The number of carbonyl (C=O) groups excluding carboxylic acids is 2. The van der Waals surface area contributed by atoms with Crippen molar-refractivity contribution in [3.8, 4) is 22.5 Å². The molecule has 35 nitrogen and oxygen atoms in total. The zero-order valence-electron chi connectivity index (χ0n) is 54.3. The van der Waals surface area contributed by atoms with E-state index in [1.807, 2.05) is 4.57 Å². The van der Waals surface area contributed by atoms with Crippen molar-refractivity contribution < 1.29 is 39.1 Å². The van der Waals surface area contributed by atoms with Gasteiger partial charge in [-0.25, -0.2) is 69.8 Å². The van der Waals surface area contributed by atoms with E-state index in [0.717, 1.165) is 0 Å². The summed E-state index contributed by atoms with van der Waals surface area (Å²) in [6, 6.07) is 0. The van der Waals surface area contributed by atoms with Gasteiger partial charge < -0.3 is 69.1 Å². The van der Waals surface area contributed by atoms with E-state index in [9.17, 15) is 24.9 Å². The number of rotatable bonds is 14. The highest BCUT2D eigenvalue weighted by Gasteiger charge is 2.25. The number of alkyl halides is 1. The van der Waals surface area contributed by atoms with E-state index in [1.54, 1.807) is 108 Å². The minimum absolute atomic E-state index is 0. The number of H-pyrrole nitrogens is 1. The SMILES string of the molecule is C.CC(C)(O)Cn1cnc2c(-c3cnc(N)nc3)nc(Cl)nc21.CC(C)(O)Cn1cnc2c(-c3cnc(N)nc3)nc(N3CCOCC3)nc21.CC(C)(O)Cn1cnc2c(Cl)nc(Cl)nc21.CCOC(=O)CBr.CCOC(=O)Cn1cnc2c(Cl)nc(Cl)nc21.Clc1nc(Cl)c2[nH]cnc2n1. The lowest BCUT2D eigenvalue weighted by Crippen LogP contribution is -2.37. The predicted octanol–water partition coefficient (Wildman–Crippen LogP) is 8.60. The third kappa shape index (κ3) is 22.5. The normalized spacial score (nSPS) is 12.2. The number of hydrogen-bond acceptors (Lipinski definition) is 30. The first-order chi connectivity index (χ1) is 47.3. The number of hydrogen-bond donors (Lipinski definition) is 6. The van der Waals surface area contributed by atoms with Gasteiger partial charge >= 0.3 is 11.9 Å². The Hall–Kier alpha value is -8.40. The summed E-state index contributed by atoms with van der Waals surface area (Å²) in [6.07, 6.45) is 14.1. The third-order valence-corrected chi connectivity index (χ3v) is 14.7. The number of nitrogens with one attached hydrogen (secondary N) is 1. The number of anilines is 3. The second kappa shape index (κ2) is 35.5. The summed E-state index contributed by atoms with van der Waals surface area (Å²) in [5, 5.41) is 31.1. The quantitative estimate of drug-likeness (QED) is 0.0257. The molecule has 1 aliphatic rings. The molecule has 13 heterocycles. The molecule has 0 saturated carbocycles. The van der Waals surface area contributed by atoms with Crippen molar-refractivity contribution in [1.29, 1.82) is 0 Å². The molecule has 0 unspecified atom stereocenters. The highest BCUT2D eigenvalue weighted by molar-refractivity contribution is 9.09. The first kappa shape index (κ1) is 79.9. The standard InChI is InChI=1S/C17H22N8O2.C13H14ClN7O.C9H8Cl2N4O2.C9H10Cl2N4O.C5H2Cl2N4.C4H7BrO2.CH4/c1-17(2,26)9-25-10-21-13-12(11-7-19-15(18)20-8-11)22-16(23-14(13)25)24-3-5-27-6-4-24;1-13(2,22)5-21-6-18-9-8(19-11(14)20-10(9)21)7-3-16-12(15)17-4-7;1-2-17-5(16)3-15-4-12-6-7(10)13-9(11)14-8(6)15;1-9(2,16)3-15-4-12-5-6(10)13-8(11)14-7(5)15;6-3-2-4(9-1-8-2)11-5(7)10-3;1-2-7-4(6)3-5;/h7-8,10,26H,3-6,9H2,1-2H3,(H2,18,19,20);3-4,6,22H,5H2,1-2H3,(H2,15,16,17);4H,2-3H2,1H3;4,16H,3H2,1-2H3;1H,(H,8,9,10,11);2-3H2,1H3;1H4. The van der Waals surface area contributed by atoms with Gasteiger partial charge in [0.1, 0.15) is 50.8 Å². The largest absolute Gasteiger partial charge is 0.465 e. The van der Waals surface area contributed by atoms with Gasteiger partial charge in [-0.3, -0.25) is 9.59 Å². The summed E-state index contributed by atoms with van der Waals surface area (Å²) in [5.41, 5.74) is 16.2.